The van der Waals surface area contributed by atoms with Crippen LogP contribution in [-0.4, -0.2) is 44.7 Å². The van der Waals surface area contributed by atoms with Gasteiger partial charge in [0, 0.05) is 17.9 Å². The summed E-state index contributed by atoms with van der Waals surface area (Å²) in [5, 5.41) is 19.6. The van der Waals surface area contributed by atoms with Crippen LogP contribution in [0.3, 0.4) is 0 Å². The Kier molecular flexibility index (Phi) is 7.20. The van der Waals surface area contributed by atoms with Crippen LogP contribution in [-0.2, 0) is 11.3 Å². The van der Waals surface area contributed by atoms with E-state index in [1.54, 1.807) is 12.1 Å². The molecule has 1 aliphatic rings. The summed E-state index contributed by atoms with van der Waals surface area (Å²) in [5.74, 6) is 0.0582. The maximum Gasteiger partial charge on any atom is 0.573 e. The minimum Gasteiger partial charge on any atom is -0.406 e. The molecule has 1 saturated heterocycles. The molecule has 2 heterocycles. The fourth-order valence-corrected chi connectivity index (χ4v) is 4.42. The molecule has 0 amide bonds. The van der Waals surface area contributed by atoms with Crippen molar-refractivity contribution in [2.75, 3.05) is 12.4 Å². The van der Waals surface area contributed by atoms with Crippen LogP contribution in [0.2, 0.25) is 0 Å². The average molecular weight is 483 g/mol. The fraction of sp³-hybridized carbons (Fsp3) is 0.364. The third-order valence-electron chi connectivity index (χ3n) is 5.10. The van der Waals surface area contributed by atoms with E-state index in [2.05, 4.69) is 14.9 Å². The maximum atomic E-state index is 13.4. The van der Waals surface area contributed by atoms with Crippen LogP contribution in [0.4, 0.5) is 17.6 Å². The zero-order chi connectivity index (χ0) is 23.4. The van der Waals surface area contributed by atoms with Crippen molar-refractivity contribution >= 4 is 11.8 Å². The van der Waals surface area contributed by atoms with E-state index < -0.39 is 12.5 Å². The highest BCUT2D eigenvalue weighted by molar-refractivity contribution is 7.99. The van der Waals surface area contributed by atoms with Crippen molar-refractivity contribution in [1.82, 2.24) is 14.8 Å². The lowest BCUT2D eigenvalue weighted by Gasteiger charge is -2.16. The van der Waals surface area contributed by atoms with Gasteiger partial charge in [0.05, 0.1) is 18.8 Å². The number of benzene rings is 2. The SMILES string of the molecule is OC(CSc1nnc(-c2ccc(F)cc2)n1CC1CCCO1)c1ccc(OC(F)(F)F)cc1. The molecule has 2 unspecified atom stereocenters. The number of hydrogen-bond donors (Lipinski definition) is 1. The molecule has 0 saturated carbocycles. The summed E-state index contributed by atoms with van der Waals surface area (Å²) in [7, 11) is 0. The molecule has 4 rings (SSSR count). The summed E-state index contributed by atoms with van der Waals surface area (Å²) in [6.45, 7) is 1.20. The lowest BCUT2D eigenvalue weighted by atomic mass is 10.1. The van der Waals surface area contributed by atoms with Crippen LogP contribution in [0.1, 0.15) is 24.5 Å². The summed E-state index contributed by atoms with van der Waals surface area (Å²) in [6, 6.07) is 11.0. The molecule has 1 N–H and O–H groups in total. The molecule has 2 atom stereocenters. The topological polar surface area (TPSA) is 69.4 Å². The van der Waals surface area contributed by atoms with Gasteiger partial charge in [-0.05, 0) is 54.8 Å². The third-order valence-corrected chi connectivity index (χ3v) is 6.14. The Hall–Kier alpha value is -2.63. The Balaban J connectivity index is 1.48. The van der Waals surface area contributed by atoms with Gasteiger partial charge in [0.15, 0.2) is 11.0 Å². The number of aromatic nitrogens is 3. The minimum absolute atomic E-state index is 0.00523. The van der Waals surface area contributed by atoms with Crippen LogP contribution < -0.4 is 4.74 Å². The normalized spacial score (nSPS) is 17.3. The van der Waals surface area contributed by atoms with E-state index in [1.807, 2.05) is 4.57 Å². The van der Waals surface area contributed by atoms with Gasteiger partial charge in [-0.25, -0.2) is 4.39 Å². The molecule has 3 aromatic rings. The van der Waals surface area contributed by atoms with Crippen LogP contribution in [0.15, 0.2) is 53.7 Å². The van der Waals surface area contributed by atoms with Crippen molar-refractivity contribution < 1.29 is 32.1 Å². The Labute approximate surface area is 191 Å². The highest BCUT2D eigenvalue weighted by Crippen LogP contribution is 2.30. The highest BCUT2D eigenvalue weighted by Gasteiger charge is 2.31. The summed E-state index contributed by atoms with van der Waals surface area (Å²) in [4.78, 5) is 0. The van der Waals surface area contributed by atoms with Gasteiger partial charge in [-0.15, -0.1) is 23.4 Å². The largest absolute Gasteiger partial charge is 0.573 e. The van der Waals surface area contributed by atoms with Crippen LogP contribution in [0, 0.1) is 5.82 Å². The van der Waals surface area contributed by atoms with E-state index in [0.717, 1.165) is 25.0 Å². The second kappa shape index (κ2) is 10.1. The van der Waals surface area contributed by atoms with E-state index in [9.17, 15) is 22.7 Å². The highest BCUT2D eigenvalue weighted by atomic mass is 32.2. The molecule has 33 heavy (non-hydrogen) atoms. The second-order valence-corrected chi connectivity index (χ2v) is 8.49. The van der Waals surface area contributed by atoms with Crippen molar-refractivity contribution in [2.45, 2.75) is 43.1 Å². The first kappa shape index (κ1) is 23.5. The molecule has 1 fully saturated rings. The molecule has 6 nitrogen and oxygen atoms in total. The number of ether oxygens (including phenoxy) is 2. The third kappa shape index (κ3) is 6.24. The lowest BCUT2D eigenvalue weighted by Crippen LogP contribution is -2.17. The number of aliphatic hydroxyl groups is 1. The summed E-state index contributed by atoms with van der Waals surface area (Å²) in [6.07, 6.45) is -3.85. The number of alkyl halides is 3. The minimum atomic E-state index is -4.77. The molecule has 1 aromatic heterocycles. The first-order chi connectivity index (χ1) is 15.8. The van der Waals surface area contributed by atoms with E-state index in [4.69, 9.17) is 4.74 Å². The molecule has 11 heteroatoms. The lowest BCUT2D eigenvalue weighted by molar-refractivity contribution is -0.274. The first-order valence-corrected chi connectivity index (χ1v) is 11.2. The maximum absolute atomic E-state index is 13.4. The van der Waals surface area contributed by atoms with Gasteiger partial charge in [0.25, 0.3) is 0 Å². The smallest absolute Gasteiger partial charge is 0.406 e. The van der Waals surface area contributed by atoms with E-state index in [0.29, 0.717) is 35.3 Å². The van der Waals surface area contributed by atoms with Gasteiger partial charge in [0.1, 0.15) is 11.6 Å². The van der Waals surface area contributed by atoms with Gasteiger partial charge in [-0.1, -0.05) is 23.9 Å². The zero-order valence-electron chi connectivity index (χ0n) is 17.3. The second-order valence-electron chi connectivity index (χ2n) is 7.50. The number of nitrogens with zero attached hydrogens (tertiary/aromatic N) is 3. The molecule has 0 aliphatic carbocycles. The molecule has 2 aromatic carbocycles. The zero-order valence-corrected chi connectivity index (χ0v) is 18.2. The molecule has 176 valence electrons. The van der Waals surface area contributed by atoms with E-state index >= 15 is 0 Å². The number of aliphatic hydroxyl groups excluding tert-OH is 1. The predicted molar refractivity (Wildman–Crippen MR) is 113 cm³/mol. The van der Waals surface area contributed by atoms with Crippen molar-refractivity contribution in [3.63, 3.8) is 0 Å². The summed E-state index contributed by atoms with van der Waals surface area (Å²) in [5.41, 5.74) is 1.15. The monoisotopic (exact) mass is 483 g/mol. The predicted octanol–water partition coefficient (Wildman–Crippen LogP) is 4.99. The Morgan fingerprint density at radius 1 is 1.12 bits per heavy atom. The number of hydrogen-bond acceptors (Lipinski definition) is 6. The summed E-state index contributed by atoms with van der Waals surface area (Å²) < 4.78 is 61.8. The van der Waals surface area contributed by atoms with Gasteiger partial charge >= 0.3 is 6.36 Å². The fourth-order valence-electron chi connectivity index (χ4n) is 3.51. The van der Waals surface area contributed by atoms with Gasteiger partial charge in [-0.3, -0.25) is 4.57 Å². The number of halogens is 4. The molecule has 1 aliphatic heterocycles. The van der Waals surface area contributed by atoms with E-state index in [-0.39, 0.29) is 23.4 Å². The van der Waals surface area contributed by atoms with Crippen LogP contribution >= 0.6 is 11.8 Å². The molecular formula is C22H21F4N3O3S. The van der Waals surface area contributed by atoms with Gasteiger partial charge in [0.2, 0.25) is 0 Å². The molecule has 0 radical (unpaired) electrons. The van der Waals surface area contributed by atoms with Crippen molar-refractivity contribution in [2.24, 2.45) is 0 Å². The number of rotatable bonds is 8. The quantitative estimate of drug-likeness (QED) is 0.360. The van der Waals surface area contributed by atoms with Gasteiger partial charge < -0.3 is 14.6 Å². The molecular weight excluding hydrogens is 462 g/mol. The standard InChI is InChI=1S/C22H21F4N3O3S/c23-16-7-3-15(4-8-16)20-27-28-21(29(20)12-18-2-1-11-31-18)33-13-19(30)14-5-9-17(10-6-14)32-22(24,25)26/h3-10,18-19,30H,1-2,11-13H2. The molecule has 0 bridgehead atoms. The van der Waals surface area contributed by atoms with E-state index in [1.165, 1.54) is 36.0 Å². The first-order valence-electron chi connectivity index (χ1n) is 10.3. The van der Waals surface area contributed by atoms with Crippen molar-refractivity contribution in [1.29, 1.82) is 0 Å². The summed E-state index contributed by atoms with van der Waals surface area (Å²) >= 11 is 1.26. The van der Waals surface area contributed by atoms with Crippen molar-refractivity contribution in [3.05, 3.63) is 59.9 Å². The molecule has 0 spiro atoms. The Morgan fingerprint density at radius 3 is 2.48 bits per heavy atom. The van der Waals surface area contributed by atoms with Gasteiger partial charge in [-0.2, -0.15) is 0 Å². The van der Waals surface area contributed by atoms with Crippen LogP contribution in [0.25, 0.3) is 11.4 Å². The Morgan fingerprint density at radius 2 is 1.85 bits per heavy atom. The number of thioether (sulfide) groups is 1. The van der Waals surface area contributed by atoms with Crippen LogP contribution in [0.5, 0.6) is 5.75 Å². The average Bonchev–Trinajstić information content (AvgIpc) is 3.43. The van der Waals surface area contributed by atoms with Crippen molar-refractivity contribution in [3.8, 4) is 17.1 Å². The Bertz CT molecular complexity index is 1050.